The van der Waals surface area contributed by atoms with Crippen LogP contribution in [0.1, 0.15) is 323 Å². The second-order valence-corrected chi connectivity index (χ2v) is 19.2. The third-order valence-electron chi connectivity index (χ3n) is 12.9. The lowest BCUT2D eigenvalue weighted by Gasteiger charge is -2.18. The molecule has 0 aliphatic carbocycles. The summed E-state index contributed by atoms with van der Waals surface area (Å²) in [6, 6.07) is 0. The zero-order chi connectivity index (χ0) is 45.1. The molecule has 0 bridgehead atoms. The van der Waals surface area contributed by atoms with E-state index in [2.05, 4.69) is 20.8 Å². The highest BCUT2D eigenvalue weighted by Crippen LogP contribution is 2.17. The maximum absolute atomic E-state index is 12.8. The summed E-state index contributed by atoms with van der Waals surface area (Å²) in [5, 5.41) is 0. The number of unbranched alkanes of at least 4 members (excludes halogenated alkanes) is 41. The first-order valence-electron chi connectivity index (χ1n) is 28.0. The van der Waals surface area contributed by atoms with Gasteiger partial charge in [0.1, 0.15) is 13.2 Å². The lowest BCUT2D eigenvalue weighted by Crippen LogP contribution is -2.30. The van der Waals surface area contributed by atoms with Crippen LogP contribution in [-0.2, 0) is 28.6 Å². The molecule has 0 aliphatic rings. The molecule has 0 radical (unpaired) electrons. The second-order valence-electron chi connectivity index (χ2n) is 19.2. The molecular formula is C56H108O6. The summed E-state index contributed by atoms with van der Waals surface area (Å²) in [6.45, 7) is 6.66. The third kappa shape index (κ3) is 49.4. The summed E-state index contributed by atoms with van der Waals surface area (Å²) in [7, 11) is 0. The first-order valence-corrected chi connectivity index (χ1v) is 28.0. The van der Waals surface area contributed by atoms with Gasteiger partial charge in [0.2, 0.25) is 0 Å². The van der Waals surface area contributed by atoms with Crippen molar-refractivity contribution >= 4 is 17.9 Å². The van der Waals surface area contributed by atoms with Crippen molar-refractivity contribution in [2.24, 2.45) is 0 Å². The molecule has 368 valence electrons. The first kappa shape index (κ1) is 60.4. The molecule has 0 aliphatic heterocycles. The van der Waals surface area contributed by atoms with Gasteiger partial charge in [-0.25, -0.2) is 0 Å². The summed E-state index contributed by atoms with van der Waals surface area (Å²) in [6.07, 6.45) is 56.9. The van der Waals surface area contributed by atoms with Crippen molar-refractivity contribution in [1.29, 1.82) is 0 Å². The topological polar surface area (TPSA) is 78.9 Å². The smallest absolute Gasteiger partial charge is 0.306 e. The van der Waals surface area contributed by atoms with Crippen LogP contribution in [0.3, 0.4) is 0 Å². The molecule has 6 nitrogen and oxygen atoms in total. The van der Waals surface area contributed by atoms with Crippen molar-refractivity contribution < 1.29 is 28.6 Å². The Morgan fingerprint density at radius 1 is 0.258 bits per heavy atom. The summed E-state index contributed by atoms with van der Waals surface area (Å²) < 4.78 is 16.8. The molecule has 0 aromatic heterocycles. The SMILES string of the molecule is CCCCCCCCCCCCCCCCCCCCCCCC(=O)OCC(COC(=O)CCCCCCCCC)OC(=O)CCCCCCCCCCCCCCCCCC. The predicted octanol–water partition coefficient (Wildman–Crippen LogP) is 18.4. The minimum absolute atomic E-state index is 0.0620. The standard InChI is InChI=1S/C56H108O6/c1-4-7-10-13-16-18-20-22-24-26-27-28-29-30-32-33-35-37-40-43-46-49-55(58)61-52-53(51-60-54(57)48-45-42-39-15-12-9-6-3)62-56(59)50-47-44-41-38-36-34-31-25-23-21-19-17-14-11-8-5-2/h53H,4-52H2,1-3H3. The molecule has 0 N–H and O–H groups in total. The van der Waals surface area contributed by atoms with Crippen LogP contribution >= 0.6 is 0 Å². The molecule has 0 saturated carbocycles. The largest absolute Gasteiger partial charge is 0.462 e. The van der Waals surface area contributed by atoms with Crippen LogP contribution in [0.5, 0.6) is 0 Å². The van der Waals surface area contributed by atoms with E-state index in [0.717, 1.165) is 57.8 Å². The lowest BCUT2D eigenvalue weighted by atomic mass is 10.0. The number of ether oxygens (including phenoxy) is 3. The molecule has 1 atom stereocenters. The average molecular weight is 877 g/mol. The van der Waals surface area contributed by atoms with Crippen molar-refractivity contribution in [1.82, 2.24) is 0 Å². The van der Waals surface area contributed by atoms with E-state index in [4.69, 9.17) is 14.2 Å². The number of rotatable bonds is 52. The number of carbonyl (C=O) groups excluding carboxylic acids is 3. The van der Waals surface area contributed by atoms with E-state index in [1.54, 1.807) is 0 Å². The highest BCUT2D eigenvalue weighted by Gasteiger charge is 2.19. The fourth-order valence-corrected chi connectivity index (χ4v) is 8.62. The van der Waals surface area contributed by atoms with Crippen LogP contribution in [0.4, 0.5) is 0 Å². The van der Waals surface area contributed by atoms with Crippen LogP contribution in [0, 0.1) is 0 Å². The fraction of sp³-hybridized carbons (Fsp3) is 0.946. The maximum atomic E-state index is 12.8. The molecule has 62 heavy (non-hydrogen) atoms. The third-order valence-corrected chi connectivity index (χ3v) is 12.9. The van der Waals surface area contributed by atoms with E-state index < -0.39 is 6.10 Å². The summed E-state index contributed by atoms with van der Waals surface area (Å²) in [5.74, 6) is -0.844. The Labute approximate surface area is 387 Å². The maximum Gasteiger partial charge on any atom is 0.306 e. The van der Waals surface area contributed by atoms with Crippen molar-refractivity contribution in [3.05, 3.63) is 0 Å². The molecular weight excluding hydrogens is 769 g/mol. The van der Waals surface area contributed by atoms with E-state index in [9.17, 15) is 14.4 Å². The average Bonchev–Trinajstić information content (AvgIpc) is 3.27. The first-order chi connectivity index (χ1) is 30.5. The van der Waals surface area contributed by atoms with Gasteiger partial charge in [0.25, 0.3) is 0 Å². The van der Waals surface area contributed by atoms with Crippen molar-refractivity contribution in [2.45, 2.75) is 329 Å². The van der Waals surface area contributed by atoms with Crippen molar-refractivity contribution in [2.75, 3.05) is 13.2 Å². The molecule has 0 amide bonds. The highest BCUT2D eigenvalue weighted by atomic mass is 16.6. The lowest BCUT2D eigenvalue weighted by molar-refractivity contribution is -0.167. The molecule has 0 saturated heterocycles. The van der Waals surface area contributed by atoms with E-state index in [1.165, 1.54) is 225 Å². The van der Waals surface area contributed by atoms with E-state index in [-0.39, 0.29) is 31.1 Å². The molecule has 0 aromatic carbocycles. The van der Waals surface area contributed by atoms with Crippen LogP contribution in [0.2, 0.25) is 0 Å². The molecule has 0 heterocycles. The fourth-order valence-electron chi connectivity index (χ4n) is 8.62. The van der Waals surface area contributed by atoms with Gasteiger partial charge in [-0.2, -0.15) is 0 Å². The van der Waals surface area contributed by atoms with Gasteiger partial charge < -0.3 is 14.2 Å². The molecule has 0 spiro atoms. The zero-order valence-corrected chi connectivity index (χ0v) is 42.2. The van der Waals surface area contributed by atoms with Gasteiger partial charge in [0.15, 0.2) is 6.10 Å². The Hall–Kier alpha value is -1.59. The highest BCUT2D eigenvalue weighted by molar-refractivity contribution is 5.71. The number of esters is 3. The Morgan fingerprint density at radius 3 is 0.645 bits per heavy atom. The van der Waals surface area contributed by atoms with Gasteiger partial charge in [0, 0.05) is 19.3 Å². The van der Waals surface area contributed by atoms with Gasteiger partial charge in [-0.1, -0.05) is 284 Å². The Morgan fingerprint density at radius 2 is 0.435 bits per heavy atom. The second kappa shape index (κ2) is 52.0. The minimum atomic E-state index is -0.759. The van der Waals surface area contributed by atoms with Crippen LogP contribution in [0.25, 0.3) is 0 Å². The minimum Gasteiger partial charge on any atom is -0.462 e. The number of carbonyl (C=O) groups is 3. The molecule has 0 rings (SSSR count). The molecule has 1 unspecified atom stereocenters. The Kier molecular flexibility index (Phi) is 50.7. The monoisotopic (exact) mass is 877 g/mol. The van der Waals surface area contributed by atoms with Crippen LogP contribution in [-0.4, -0.2) is 37.2 Å². The van der Waals surface area contributed by atoms with E-state index in [0.29, 0.717) is 19.3 Å². The van der Waals surface area contributed by atoms with E-state index in [1.807, 2.05) is 0 Å². The molecule has 0 aromatic rings. The normalized spacial score (nSPS) is 11.9. The summed E-state index contributed by atoms with van der Waals surface area (Å²) >= 11 is 0. The van der Waals surface area contributed by atoms with Crippen molar-refractivity contribution in [3.8, 4) is 0 Å². The van der Waals surface area contributed by atoms with Crippen LogP contribution in [0.15, 0.2) is 0 Å². The molecule has 0 fully saturated rings. The van der Waals surface area contributed by atoms with Gasteiger partial charge >= 0.3 is 17.9 Å². The quantitative estimate of drug-likeness (QED) is 0.0344. The van der Waals surface area contributed by atoms with Gasteiger partial charge in [-0.05, 0) is 19.3 Å². The van der Waals surface area contributed by atoms with E-state index >= 15 is 0 Å². The molecule has 6 heteroatoms. The number of hydrogen-bond donors (Lipinski definition) is 0. The van der Waals surface area contributed by atoms with Crippen LogP contribution < -0.4 is 0 Å². The summed E-state index contributed by atoms with van der Waals surface area (Å²) in [5.41, 5.74) is 0. The Bertz CT molecular complexity index is 920. The van der Waals surface area contributed by atoms with Gasteiger partial charge in [-0.3, -0.25) is 14.4 Å². The van der Waals surface area contributed by atoms with Crippen molar-refractivity contribution in [3.63, 3.8) is 0 Å². The summed E-state index contributed by atoms with van der Waals surface area (Å²) in [4.78, 5) is 37.9. The zero-order valence-electron chi connectivity index (χ0n) is 42.2. The Balaban J connectivity index is 4.12. The predicted molar refractivity (Wildman–Crippen MR) is 266 cm³/mol. The van der Waals surface area contributed by atoms with Gasteiger partial charge in [-0.15, -0.1) is 0 Å². The van der Waals surface area contributed by atoms with Gasteiger partial charge in [0.05, 0.1) is 0 Å². The number of hydrogen-bond acceptors (Lipinski definition) is 6.